The lowest BCUT2D eigenvalue weighted by Crippen LogP contribution is -2.65. The van der Waals surface area contributed by atoms with Gasteiger partial charge in [0.2, 0.25) is 0 Å². The second-order valence-electron chi connectivity index (χ2n) is 14.3. The standard InChI is InChI=1S/C30H44O7/c1-25(2,36)12-11-21(33)30(8,37)23-19(32)14-27(5)20-10-9-16-17(13-18(31)24(35)26(16,3)4)29(20,7)22(34)15-28(23,27)6/h9,11-12,17,19-20,23-24,32,35-37H,10,13-15H2,1-8H3/b12-11+/t17-,19+,20+,23+,24-,27+,28-,29+,30+/m1/s1. The molecule has 4 rings (SSSR count). The fraction of sp³-hybridized carbons (Fsp3) is 0.767. The van der Waals surface area contributed by atoms with Gasteiger partial charge in [-0.15, -0.1) is 0 Å². The van der Waals surface area contributed by atoms with E-state index in [1.54, 1.807) is 0 Å². The molecule has 206 valence electrons. The van der Waals surface area contributed by atoms with Crippen LogP contribution in [-0.2, 0) is 14.4 Å². The second kappa shape index (κ2) is 8.17. The second-order valence-corrected chi connectivity index (χ2v) is 14.3. The quantitative estimate of drug-likeness (QED) is 0.334. The molecule has 0 saturated heterocycles. The third kappa shape index (κ3) is 3.71. The van der Waals surface area contributed by atoms with E-state index in [-0.39, 0.29) is 36.2 Å². The van der Waals surface area contributed by atoms with E-state index in [0.717, 1.165) is 11.6 Å². The number of aliphatic hydroxyl groups excluding tert-OH is 2. The molecule has 0 aromatic heterocycles. The first-order valence-corrected chi connectivity index (χ1v) is 13.5. The molecule has 7 nitrogen and oxygen atoms in total. The molecule has 3 fully saturated rings. The average Bonchev–Trinajstić information content (AvgIpc) is 2.96. The molecule has 0 spiro atoms. The number of hydrogen-bond donors (Lipinski definition) is 4. The van der Waals surface area contributed by atoms with Crippen molar-refractivity contribution in [1.29, 1.82) is 0 Å². The number of carbonyl (C=O) groups is 3. The molecule has 0 bridgehead atoms. The third-order valence-electron chi connectivity index (χ3n) is 11.2. The lowest BCUT2D eigenvalue weighted by molar-refractivity contribution is -0.183. The van der Waals surface area contributed by atoms with Gasteiger partial charge in [0.1, 0.15) is 17.5 Å². The normalized spacial score (nSPS) is 45.1. The molecular weight excluding hydrogens is 472 g/mol. The summed E-state index contributed by atoms with van der Waals surface area (Å²) in [6, 6.07) is 0. The van der Waals surface area contributed by atoms with Crippen molar-refractivity contribution in [1.82, 2.24) is 0 Å². The maximum absolute atomic E-state index is 14.2. The molecule has 4 N–H and O–H groups in total. The van der Waals surface area contributed by atoms with E-state index in [4.69, 9.17) is 0 Å². The van der Waals surface area contributed by atoms with Gasteiger partial charge in [-0.25, -0.2) is 0 Å². The van der Waals surface area contributed by atoms with Crippen molar-refractivity contribution < 1.29 is 34.8 Å². The van der Waals surface area contributed by atoms with Gasteiger partial charge in [0, 0.05) is 29.6 Å². The largest absolute Gasteiger partial charge is 0.393 e. The summed E-state index contributed by atoms with van der Waals surface area (Å²) >= 11 is 0. The summed E-state index contributed by atoms with van der Waals surface area (Å²) in [6.45, 7) is 14.1. The van der Waals surface area contributed by atoms with Crippen LogP contribution >= 0.6 is 0 Å². The Morgan fingerprint density at radius 2 is 1.62 bits per heavy atom. The fourth-order valence-electron chi connectivity index (χ4n) is 8.95. The maximum Gasteiger partial charge on any atom is 0.187 e. The zero-order valence-corrected chi connectivity index (χ0v) is 23.5. The minimum absolute atomic E-state index is 0.0255. The van der Waals surface area contributed by atoms with Crippen LogP contribution < -0.4 is 0 Å². The lowest BCUT2D eigenvalue weighted by Gasteiger charge is -2.64. The van der Waals surface area contributed by atoms with Crippen molar-refractivity contribution in [3.63, 3.8) is 0 Å². The number of fused-ring (bicyclic) bond motifs is 5. The smallest absolute Gasteiger partial charge is 0.187 e. The zero-order valence-electron chi connectivity index (χ0n) is 23.5. The van der Waals surface area contributed by atoms with E-state index in [2.05, 4.69) is 13.0 Å². The van der Waals surface area contributed by atoms with Gasteiger partial charge in [-0.2, -0.15) is 0 Å². The average molecular weight is 517 g/mol. The van der Waals surface area contributed by atoms with Crippen LogP contribution in [0.3, 0.4) is 0 Å². The summed E-state index contributed by atoms with van der Waals surface area (Å²) in [4.78, 5) is 40.3. The maximum atomic E-state index is 14.2. The molecule has 4 aliphatic carbocycles. The molecule has 0 unspecified atom stereocenters. The van der Waals surface area contributed by atoms with Gasteiger partial charge >= 0.3 is 0 Å². The molecule has 0 heterocycles. The van der Waals surface area contributed by atoms with Crippen molar-refractivity contribution in [3.05, 3.63) is 23.8 Å². The van der Waals surface area contributed by atoms with E-state index < -0.39 is 56.8 Å². The van der Waals surface area contributed by atoms with E-state index in [1.165, 1.54) is 26.8 Å². The molecule has 7 heteroatoms. The van der Waals surface area contributed by atoms with Crippen molar-refractivity contribution in [2.45, 2.75) is 104 Å². The Balaban J connectivity index is 1.80. The number of ketones is 3. The number of Topliss-reactive ketones (excluding diaryl/α,β-unsaturated/α-hetero) is 2. The van der Waals surface area contributed by atoms with Crippen LogP contribution in [0.15, 0.2) is 23.8 Å². The van der Waals surface area contributed by atoms with Gasteiger partial charge < -0.3 is 20.4 Å². The first-order chi connectivity index (χ1) is 16.7. The Kier molecular flexibility index (Phi) is 6.26. The molecular formula is C30H44O7. The highest BCUT2D eigenvalue weighted by Crippen LogP contribution is 2.74. The Hall–Kier alpha value is -1.67. The number of carbonyl (C=O) groups excluding carboxylic acids is 3. The molecule has 0 radical (unpaired) electrons. The summed E-state index contributed by atoms with van der Waals surface area (Å²) in [5, 5.41) is 43.7. The molecule has 4 aliphatic rings. The topological polar surface area (TPSA) is 132 Å². The van der Waals surface area contributed by atoms with Crippen LogP contribution in [0, 0.1) is 39.4 Å². The Bertz CT molecular complexity index is 1090. The summed E-state index contributed by atoms with van der Waals surface area (Å²) in [5.74, 6) is -2.34. The SMILES string of the molecule is CC(C)(O)/C=C/C(=O)[C@](C)(O)[C@H]1[C@@H](O)C[C@@]2(C)[C@@H]3CC=C4[C@@H](CC(=O)[C@@H](O)C4(C)C)[C@]3(C)C(=O)C[C@]12C. The van der Waals surface area contributed by atoms with Crippen molar-refractivity contribution >= 4 is 17.3 Å². The van der Waals surface area contributed by atoms with Crippen LogP contribution in [0.4, 0.5) is 0 Å². The van der Waals surface area contributed by atoms with Crippen molar-refractivity contribution in [3.8, 4) is 0 Å². The van der Waals surface area contributed by atoms with E-state index in [0.29, 0.717) is 12.8 Å². The van der Waals surface area contributed by atoms with Crippen LogP contribution in [0.25, 0.3) is 0 Å². The predicted molar refractivity (Wildman–Crippen MR) is 138 cm³/mol. The van der Waals surface area contributed by atoms with E-state index in [9.17, 15) is 34.8 Å². The molecule has 3 saturated carbocycles. The van der Waals surface area contributed by atoms with Crippen LogP contribution in [-0.4, -0.2) is 61.2 Å². The Labute approximate surface area is 220 Å². The van der Waals surface area contributed by atoms with Gasteiger partial charge in [-0.05, 0) is 62.4 Å². The number of aliphatic hydroxyl groups is 4. The van der Waals surface area contributed by atoms with Gasteiger partial charge in [-0.3, -0.25) is 14.4 Å². The first-order valence-electron chi connectivity index (χ1n) is 13.5. The third-order valence-corrected chi connectivity index (χ3v) is 11.2. The van der Waals surface area contributed by atoms with Gasteiger partial charge in [-0.1, -0.05) is 52.3 Å². The number of hydrogen-bond acceptors (Lipinski definition) is 7. The predicted octanol–water partition coefficient (Wildman–Crippen LogP) is 2.93. The van der Waals surface area contributed by atoms with Gasteiger partial charge in [0.25, 0.3) is 0 Å². The van der Waals surface area contributed by atoms with Gasteiger partial charge in [0.05, 0.1) is 11.7 Å². The molecule has 0 amide bonds. The monoisotopic (exact) mass is 516 g/mol. The summed E-state index contributed by atoms with van der Waals surface area (Å²) < 4.78 is 0. The molecule has 0 aromatic rings. The minimum Gasteiger partial charge on any atom is -0.393 e. The van der Waals surface area contributed by atoms with Crippen LogP contribution in [0.5, 0.6) is 0 Å². The zero-order chi connectivity index (χ0) is 28.1. The number of allylic oxidation sites excluding steroid dienone is 1. The Morgan fingerprint density at radius 3 is 2.19 bits per heavy atom. The highest BCUT2D eigenvalue weighted by Gasteiger charge is 2.74. The Morgan fingerprint density at radius 1 is 1.03 bits per heavy atom. The molecule has 37 heavy (non-hydrogen) atoms. The summed E-state index contributed by atoms with van der Waals surface area (Å²) in [5.41, 5.74) is -5.36. The summed E-state index contributed by atoms with van der Waals surface area (Å²) in [6.07, 6.45) is 3.49. The van der Waals surface area contributed by atoms with Crippen molar-refractivity contribution in [2.24, 2.45) is 39.4 Å². The highest BCUT2D eigenvalue weighted by atomic mass is 16.3. The molecule has 0 aromatic carbocycles. The van der Waals surface area contributed by atoms with Gasteiger partial charge in [0.15, 0.2) is 11.6 Å². The van der Waals surface area contributed by atoms with E-state index >= 15 is 0 Å². The van der Waals surface area contributed by atoms with Crippen LogP contribution in [0.1, 0.15) is 81.1 Å². The first kappa shape index (κ1) is 28.3. The minimum atomic E-state index is -1.95. The van der Waals surface area contributed by atoms with Crippen LogP contribution in [0.2, 0.25) is 0 Å². The molecule has 0 aliphatic heterocycles. The highest BCUT2D eigenvalue weighted by molar-refractivity contribution is 5.97. The fourth-order valence-corrected chi connectivity index (χ4v) is 8.95. The van der Waals surface area contributed by atoms with E-state index in [1.807, 2.05) is 27.7 Å². The lowest BCUT2D eigenvalue weighted by atomic mass is 9.38. The molecule has 9 atom stereocenters. The van der Waals surface area contributed by atoms with Crippen molar-refractivity contribution in [2.75, 3.05) is 0 Å². The summed E-state index contributed by atoms with van der Waals surface area (Å²) in [7, 11) is 0. The number of rotatable bonds is 4.